The first-order chi connectivity index (χ1) is 8.71. The van der Waals surface area contributed by atoms with Crippen molar-refractivity contribution in [3.05, 3.63) is 0 Å². The summed E-state index contributed by atoms with van der Waals surface area (Å²) in [5, 5.41) is 0. The zero-order valence-corrected chi connectivity index (χ0v) is 13.3. The van der Waals surface area contributed by atoms with E-state index in [4.69, 9.17) is 9.47 Å². The third-order valence-electron chi connectivity index (χ3n) is 3.28. The molecule has 112 valence electrons. The lowest BCUT2D eigenvalue weighted by Gasteiger charge is -2.49. The van der Waals surface area contributed by atoms with Gasteiger partial charge in [-0.2, -0.15) is 0 Å². The Morgan fingerprint density at radius 2 is 1.74 bits per heavy atom. The molecule has 1 aliphatic heterocycles. The normalized spacial score (nSPS) is 23.9. The SMILES string of the molecule is CCCC(C(=O)OCC)N1CC(C)(C)OC(C)(C)C1. The molecule has 1 saturated heterocycles. The van der Waals surface area contributed by atoms with E-state index in [1.807, 2.05) is 6.92 Å². The number of carbonyl (C=O) groups excluding carboxylic acids is 1. The van der Waals surface area contributed by atoms with Crippen molar-refractivity contribution < 1.29 is 14.3 Å². The molecule has 1 aliphatic rings. The van der Waals surface area contributed by atoms with Crippen LogP contribution < -0.4 is 0 Å². The Morgan fingerprint density at radius 3 is 2.16 bits per heavy atom. The maximum absolute atomic E-state index is 12.1. The highest BCUT2D eigenvalue weighted by Gasteiger charge is 2.42. The van der Waals surface area contributed by atoms with Gasteiger partial charge in [0, 0.05) is 13.1 Å². The molecule has 0 aromatic rings. The highest BCUT2D eigenvalue weighted by molar-refractivity contribution is 5.75. The Kier molecular flexibility index (Phi) is 5.39. The lowest BCUT2D eigenvalue weighted by Crippen LogP contribution is -2.61. The lowest BCUT2D eigenvalue weighted by atomic mass is 9.96. The van der Waals surface area contributed by atoms with Crippen molar-refractivity contribution in [3.8, 4) is 0 Å². The van der Waals surface area contributed by atoms with Gasteiger partial charge in [0.2, 0.25) is 0 Å². The smallest absolute Gasteiger partial charge is 0.323 e. The summed E-state index contributed by atoms with van der Waals surface area (Å²) >= 11 is 0. The minimum Gasteiger partial charge on any atom is -0.465 e. The molecule has 0 bridgehead atoms. The summed E-state index contributed by atoms with van der Waals surface area (Å²) in [5.41, 5.74) is -0.472. The summed E-state index contributed by atoms with van der Waals surface area (Å²) in [7, 11) is 0. The Balaban J connectivity index is 2.85. The van der Waals surface area contributed by atoms with E-state index in [1.54, 1.807) is 0 Å². The van der Waals surface area contributed by atoms with E-state index in [0.29, 0.717) is 6.61 Å². The predicted molar refractivity (Wildman–Crippen MR) is 76.1 cm³/mol. The Morgan fingerprint density at radius 1 is 1.21 bits per heavy atom. The maximum Gasteiger partial charge on any atom is 0.323 e. The summed E-state index contributed by atoms with van der Waals surface area (Å²) in [4.78, 5) is 14.4. The third kappa shape index (κ3) is 4.77. The van der Waals surface area contributed by atoms with E-state index in [0.717, 1.165) is 25.9 Å². The molecule has 0 aromatic carbocycles. The number of rotatable bonds is 5. The van der Waals surface area contributed by atoms with Gasteiger partial charge < -0.3 is 9.47 Å². The van der Waals surface area contributed by atoms with Crippen LogP contribution in [0.2, 0.25) is 0 Å². The zero-order chi connectivity index (χ0) is 14.7. The number of esters is 1. The molecule has 4 heteroatoms. The van der Waals surface area contributed by atoms with Gasteiger partial charge in [-0.25, -0.2) is 0 Å². The molecule has 0 radical (unpaired) electrons. The van der Waals surface area contributed by atoms with Gasteiger partial charge in [0.15, 0.2) is 0 Å². The number of morpholine rings is 1. The first kappa shape index (κ1) is 16.4. The van der Waals surface area contributed by atoms with Gasteiger partial charge >= 0.3 is 5.97 Å². The van der Waals surface area contributed by atoms with E-state index in [-0.39, 0.29) is 23.2 Å². The van der Waals surface area contributed by atoms with Gasteiger partial charge in [-0.1, -0.05) is 13.3 Å². The molecule has 19 heavy (non-hydrogen) atoms. The molecule has 1 fully saturated rings. The van der Waals surface area contributed by atoms with E-state index in [2.05, 4.69) is 39.5 Å². The molecule has 0 amide bonds. The molecule has 0 aromatic heterocycles. The summed E-state index contributed by atoms with van der Waals surface area (Å²) in [6.45, 7) is 14.2. The average molecular weight is 271 g/mol. The summed E-state index contributed by atoms with van der Waals surface area (Å²) < 4.78 is 11.3. The fourth-order valence-electron chi connectivity index (χ4n) is 3.03. The van der Waals surface area contributed by atoms with Gasteiger partial charge in [-0.15, -0.1) is 0 Å². The zero-order valence-electron chi connectivity index (χ0n) is 13.3. The number of ether oxygens (including phenoxy) is 2. The second kappa shape index (κ2) is 6.23. The van der Waals surface area contributed by atoms with Crippen molar-refractivity contribution in [2.75, 3.05) is 19.7 Å². The predicted octanol–water partition coefficient (Wildman–Crippen LogP) is 2.61. The quantitative estimate of drug-likeness (QED) is 0.721. The van der Waals surface area contributed by atoms with Gasteiger partial charge in [0.05, 0.1) is 17.8 Å². The minimum absolute atomic E-state index is 0.0992. The van der Waals surface area contributed by atoms with Crippen LogP contribution in [0.4, 0.5) is 0 Å². The lowest BCUT2D eigenvalue weighted by molar-refractivity contribution is -0.194. The minimum atomic E-state index is -0.236. The topological polar surface area (TPSA) is 38.8 Å². The van der Waals surface area contributed by atoms with Crippen molar-refractivity contribution in [3.63, 3.8) is 0 Å². The monoisotopic (exact) mass is 271 g/mol. The number of hydrogen-bond acceptors (Lipinski definition) is 4. The van der Waals surface area contributed by atoms with Crippen LogP contribution in [0.15, 0.2) is 0 Å². The second-order valence-electron chi connectivity index (χ2n) is 6.58. The van der Waals surface area contributed by atoms with Crippen LogP contribution in [0.5, 0.6) is 0 Å². The fraction of sp³-hybridized carbons (Fsp3) is 0.933. The van der Waals surface area contributed by atoms with Crippen LogP contribution in [-0.4, -0.2) is 47.8 Å². The molecule has 0 aliphatic carbocycles. The van der Waals surface area contributed by atoms with Crippen LogP contribution in [-0.2, 0) is 14.3 Å². The molecular weight excluding hydrogens is 242 g/mol. The average Bonchev–Trinajstić information content (AvgIpc) is 2.21. The summed E-state index contributed by atoms with van der Waals surface area (Å²) in [6.07, 6.45) is 1.81. The van der Waals surface area contributed by atoms with E-state index < -0.39 is 0 Å². The maximum atomic E-state index is 12.1. The molecule has 1 atom stereocenters. The van der Waals surface area contributed by atoms with Crippen molar-refractivity contribution >= 4 is 5.97 Å². The Hall–Kier alpha value is -0.610. The van der Waals surface area contributed by atoms with Crippen LogP contribution in [0.25, 0.3) is 0 Å². The fourth-order valence-corrected chi connectivity index (χ4v) is 3.03. The van der Waals surface area contributed by atoms with Crippen molar-refractivity contribution in [2.24, 2.45) is 0 Å². The molecule has 1 rings (SSSR count). The van der Waals surface area contributed by atoms with Gasteiger partial charge in [0.25, 0.3) is 0 Å². The molecule has 0 spiro atoms. The van der Waals surface area contributed by atoms with Crippen molar-refractivity contribution in [2.45, 2.75) is 71.6 Å². The first-order valence-corrected chi connectivity index (χ1v) is 7.31. The van der Waals surface area contributed by atoms with E-state index >= 15 is 0 Å². The van der Waals surface area contributed by atoms with Crippen LogP contribution >= 0.6 is 0 Å². The van der Waals surface area contributed by atoms with E-state index in [9.17, 15) is 4.79 Å². The number of nitrogens with zero attached hydrogens (tertiary/aromatic N) is 1. The van der Waals surface area contributed by atoms with E-state index in [1.165, 1.54) is 0 Å². The standard InChI is InChI=1S/C15H29NO3/c1-7-9-12(13(17)18-8-2)16-10-14(3,4)19-15(5,6)11-16/h12H,7-11H2,1-6H3. The third-order valence-corrected chi connectivity index (χ3v) is 3.28. The molecule has 1 unspecified atom stereocenters. The van der Waals surface area contributed by atoms with Crippen LogP contribution in [0.3, 0.4) is 0 Å². The van der Waals surface area contributed by atoms with Crippen molar-refractivity contribution in [1.82, 2.24) is 4.90 Å². The van der Waals surface area contributed by atoms with Gasteiger partial charge in [0.1, 0.15) is 6.04 Å². The van der Waals surface area contributed by atoms with Crippen LogP contribution in [0, 0.1) is 0 Å². The molecule has 0 N–H and O–H groups in total. The molecular formula is C15H29NO3. The highest BCUT2D eigenvalue weighted by atomic mass is 16.5. The molecule has 4 nitrogen and oxygen atoms in total. The Labute approximate surface area is 117 Å². The molecule has 0 saturated carbocycles. The first-order valence-electron chi connectivity index (χ1n) is 7.31. The highest BCUT2D eigenvalue weighted by Crippen LogP contribution is 2.30. The summed E-state index contributed by atoms with van der Waals surface area (Å²) in [5.74, 6) is -0.0992. The second-order valence-corrected chi connectivity index (χ2v) is 6.58. The molecule has 1 heterocycles. The van der Waals surface area contributed by atoms with Gasteiger partial charge in [-0.3, -0.25) is 9.69 Å². The summed E-state index contributed by atoms with van der Waals surface area (Å²) in [6, 6.07) is -0.146. The van der Waals surface area contributed by atoms with Crippen molar-refractivity contribution in [1.29, 1.82) is 0 Å². The number of hydrogen-bond donors (Lipinski definition) is 0. The largest absolute Gasteiger partial charge is 0.465 e. The Bertz CT molecular complexity index is 297. The number of carbonyl (C=O) groups is 1. The van der Waals surface area contributed by atoms with Gasteiger partial charge in [-0.05, 0) is 41.0 Å². The van der Waals surface area contributed by atoms with Crippen LogP contribution in [0.1, 0.15) is 54.4 Å².